The second-order valence-corrected chi connectivity index (χ2v) is 3.69. The monoisotopic (exact) mass is 216 g/mol. The predicted molar refractivity (Wildman–Crippen MR) is 62.9 cm³/mol. The number of hydrogen-bond donors (Lipinski definition) is 0. The number of halogens is 1. The van der Waals surface area contributed by atoms with E-state index >= 15 is 0 Å². The molecule has 1 aromatic carbocycles. The molecule has 16 heavy (non-hydrogen) atoms. The van der Waals surface area contributed by atoms with Crippen molar-refractivity contribution in [2.45, 2.75) is 0 Å². The van der Waals surface area contributed by atoms with Crippen molar-refractivity contribution >= 4 is 0 Å². The van der Waals surface area contributed by atoms with E-state index in [4.69, 9.17) is 4.74 Å². The maximum absolute atomic E-state index is 12.8. The topological polar surface area (TPSA) is 9.23 Å². The highest BCUT2D eigenvalue weighted by molar-refractivity contribution is 5.34. The van der Waals surface area contributed by atoms with Crippen LogP contribution >= 0.6 is 0 Å². The second kappa shape index (κ2) is 4.79. The number of rotatable bonds is 3. The Labute approximate surface area is 94.6 Å². The summed E-state index contributed by atoms with van der Waals surface area (Å²) >= 11 is 0. The maximum Gasteiger partial charge on any atom is 0.123 e. The number of para-hydroxylation sites is 1. The standard InChI is InChI=1S/C14H13FO/c1-11-9-13(15)8-7-12(11)10-16-14-5-3-2-4-6-14/h2-9,12H,1,10H2. The summed E-state index contributed by atoms with van der Waals surface area (Å²) in [4.78, 5) is 0. The molecular formula is C14H13FO. The minimum Gasteiger partial charge on any atom is -0.493 e. The normalized spacial score (nSPS) is 19.4. The number of benzene rings is 1. The van der Waals surface area contributed by atoms with Gasteiger partial charge in [-0.15, -0.1) is 0 Å². The van der Waals surface area contributed by atoms with Crippen molar-refractivity contribution in [3.63, 3.8) is 0 Å². The van der Waals surface area contributed by atoms with Crippen molar-refractivity contribution < 1.29 is 9.13 Å². The van der Waals surface area contributed by atoms with E-state index in [9.17, 15) is 4.39 Å². The van der Waals surface area contributed by atoms with Crippen LogP contribution < -0.4 is 4.74 Å². The third-order valence-corrected chi connectivity index (χ3v) is 2.46. The molecule has 0 aliphatic heterocycles. The zero-order chi connectivity index (χ0) is 11.4. The summed E-state index contributed by atoms with van der Waals surface area (Å²) in [6.07, 6.45) is 4.67. The molecule has 2 heteroatoms. The van der Waals surface area contributed by atoms with Crippen LogP contribution in [0.2, 0.25) is 0 Å². The van der Waals surface area contributed by atoms with Gasteiger partial charge in [0.15, 0.2) is 0 Å². The van der Waals surface area contributed by atoms with Crippen molar-refractivity contribution in [1.82, 2.24) is 0 Å². The van der Waals surface area contributed by atoms with Crippen LogP contribution in [-0.4, -0.2) is 6.61 Å². The lowest BCUT2D eigenvalue weighted by Crippen LogP contribution is -2.12. The van der Waals surface area contributed by atoms with Crippen LogP contribution in [0.15, 0.2) is 66.5 Å². The van der Waals surface area contributed by atoms with Crippen LogP contribution in [0.25, 0.3) is 0 Å². The molecule has 1 nitrogen and oxygen atoms in total. The number of hydrogen-bond acceptors (Lipinski definition) is 1. The molecule has 1 aromatic rings. The van der Waals surface area contributed by atoms with Gasteiger partial charge in [0.25, 0.3) is 0 Å². The summed E-state index contributed by atoms with van der Waals surface area (Å²) in [6, 6.07) is 9.56. The van der Waals surface area contributed by atoms with E-state index in [0.717, 1.165) is 11.3 Å². The highest BCUT2D eigenvalue weighted by atomic mass is 19.1. The molecule has 1 aliphatic rings. The van der Waals surface area contributed by atoms with Crippen molar-refractivity contribution in [2.24, 2.45) is 5.92 Å². The van der Waals surface area contributed by atoms with Gasteiger partial charge in [-0.1, -0.05) is 30.9 Å². The molecule has 0 fully saturated rings. The first kappa shape index (κ1) is 10.7. The summed E-state index contributed by atoms with van der Waals surface area (Å²) in [6.45, 7) is 4.30. The molecule has 2 rings (SSSR count). The first-order valence-corrected chi connectivity index (χ1v) is 5.18. The van der Waals surface area contributed by atoms with Gasteiger partial charge >= 0.3 is 0 Å². The Morgan fingerprint density at radius 2 is 2.00 bits per heavy atom. The van der Waals surface area contributed by atoms with E-state index in [2.05, 4.69) is 6.58 Å². The molecule has 0 aromatic heterocycles. The van der Waals surface area contributed by atoms with E-state index in [1.54, 1.807) is 6.08 Å². The lowest BCUT2D eigenvalue weighted by Gasteiger charge is -2.17. The molecule has 0 heterocycles. The van der Waals surface area contributed by atoms with Gasteiger partial charge in [0.1, 0.15) is 11.6 Å². The van der Waals surface area contributed by atoms with E-state index in [1.165, 1.54) is 12.2 Å². The van der Waals surface area contributed by atoms with Gasteiger partial charge in [0.05, 0.1) is 6.61 Å². The van der Waals surface area contributed by atoms with Gasteiger partial charge in [-0.05, 0) is 29.9 Å². The van der Waals surface area contributed by atoms with Gasteiger partial charge in [0.2, 0.25) is 0 Å². The van der Waals surface area contributed by atoms with Crippen LogP contribution in [-0.2, 0) is 0 Å². The summed E-state index contributed by atoms with van der Waals surface area (Å²) in [5.41, 5.74) is 0.746. The molecule has 0 saturated carbocycles. The Hall–Kier alpha value is -1.83. The highest BCUT2D eigenvalue weighted by Gasteiger charge is 2.13. The molecule has 1 aliphatic carbocycles. The zero-order valence-electron chi connectivity index (χ0n) is 8.90. The van der Waals surface area contributed by atoms with Crippen LogP contribution in [0.4, 0.5) is 4.39 Å². The van der Waals surface area contributed by atoms with Gasteiger partial charge in [0, 0.05) is 5.92 Å². The molecule has 0 N–H and O–H groups in total. The lowest BCUT2D eigenvalue weighted by atomic mass is 9.96. The van der Waals surface area contributed by atoms with Gasteiger partial charge < -0.3 is 4.74 Å². The first-order chi connectivity index (χ1) is 7.75. The Morgan fingerprint density at radius 1 is 1.25 bits per heavy atom. The fraction of sp³-hybridized carbons (Fsp3) is 0.143. The molecule has 0 bridgehead atoms. The quantitative estimate of drug-likeness (QED) is 0.749. The SMILES string of the molecule is C=C1C=C(F)C=CC1COc1ccccc1. The fourth-order valence-electron chi connectivity index (χ4n) is 1.53. The minimum absolute atomic E-state index is 0.0553. The van der Waals surface area contributed by atoms with E-state index in [1.807, 2.05) is 30.3 Å². The average molecular weight is 216 g/mol. The second-order valence-electron chi connectivity index (χ2n) is 3.69. The fourth-order valence-corrected chi connectivity index (χ4v) is 1.53. The Kier molecular flexibility index (Phi) is 3.20. The third kappa shape index (κ3) is 2.60. The highest BCUT2D eigenvalue weighted by Crippen LogP contribution is 2.22. The van der Waals surface area contributed by atoms with Crippen LogP contribution in [0, 0.1) is 5.92 Å². The minimum atomic E-state index is -0.249. The van der Waals surface area contributed by atoms with Crippen molar-refractivity contribution in [1.29, 1.82) is 0 Å². The summed E-state index contributed by atoms with van der Waals surface area (Å²) in [5, 5.41) is 0. The molecule has 0 radical (unpaired) electrons. The molecule has 0 spiro atoms. The molecular weight excluding hydrogens is 203 g/mol. The summed E-state index contributed by atoms with van der Waals surface area (Å²) < 4.78 is 18.4. The molecule has 1 unspecified atom stereocenters. The molecule has 82 valence electrons. The summed E-state index contributed by atoms with van der Waals surface area (Å²) in [5.74, 6) is 0.624. The van der Waals surface area contributed by atoms with Crippen molar-refractivity contribution in [3.05, 3.63) is 66.5 Å². The van der Waals surface area contributed by atoms with E-state index in [0.29, 0.717) is 6.61 Å². The number of ether oxygens (including phenoxy) is 1. The van der Waals surface area contributed by atoms with E-state index in [-0.39, 0.29) is 11.7 Å². The first-order valence-electron chi connectivity index (χ1n) is 5.18. The van der Waals surface area contributed by atoms with Gasteiger partial charge in [-0.3, -0.25) is 0 Å². The van der Waals surface area contributed by atoms with Crippen molar-refractivity contribution in [3.8, 4) is 5.75 Å². The van der Waals surface area contributed by atoms with Crippen LogP contribution in [0.5, 0.6) is 5.75 Å². The van der Waals surface area contributed by atoms with Gasteiger partial charge in [-0.25, -0.2) is 4.39 Å². The smallest absolute Gasteiger partial charge is 0.123 e. The predicted octanol–water partition coefficient (Wildman–Crippen LogP) is 3.66. The Bertz CT molecular complexity index is 431. The van der Waals surface area contributed by atoms with E-state index < -0.39 is 0 Å². The Morgan fingerprint density at radius 3 is 2.69 bits per heavy atom. The Balaban J connectivity index is 1.93. The molecule has 0 amide bonds. The van der Waals surface area contributed by atoms with Crippen LogP contribution in [0.3, 0.4) is 0 Å². The largest absolute Gasteiger partial charge is 0.493 e. The zero-order valence-corrected chi connectivity index (χ0v) is 8.90. The van der Waals surface area contributed by atoms with Gasteiger partial charge in [-0.2, -0.15) is 0 Å². The molecule has 0 saturated heterocycles. The van der Waals surface area contributed by atoms with Crippen molar-refractivity contribution in [2.75, 3.05) is 6.61 Å². The summed E-state index contributed by atoms with van der Waals surface area (Å²) in [7, 11) is 0. The third-order valence-electron chi connectivity index (χ3n) is 2.46. The lowest BCUT2D eigenvalue weighted by molar-refractivity contribution is 0.292. The maximum atomic E-state index is 12.8. The number of allylic oxidation sites excluding steroid dienone is 3. The average Bonchev–Trinajstić information content (AvgIpc) is 2.29. The van der Waals surface area contributed by atoms with Crippen LogP contribution in [0.1, 0.15) is 0 Å². The molecule has 1 atom stereocenters.